The molecule has 0 bridgehead atoms. The Labute approximate surface area is 74.9 Å². The molecule has 1 aromatic heterocycles. The number of amides is 1. The first kappa shape index (κ1) is 8.93. The molecule has 1 heterocycles. The van der Waals surface area contributed by atoms with E-state index in [4.69, 9.17) is 11.6 Å². The Morgan fingerprint density at radius 1 is 1.58 bits per heavy atom. The number of rotatable bonds is 1. The summed E-state index contributed by atoms with van der Waals surface area (Å²) in [5, 5.41) is 10.1. The van der Waals surface area contributed by atoms with Gasteiger partial charge in [0.1, 0.15) is 0 Å². The zero-order valence-corrected chi connectivity index (χ0v) is 7.51. The highest BCUT2D eigenvalue weighted by molar-refractivity contribution is 6.33. The van der Waals surface area contributed by atoms with E-state index in [9.17, 15) is 4.79 Å². The van der Waals surface area contributed by atoms with E-state index in [1.165, 1.54) is 7.05 Å². The molecule has 64 valence electrons. The predicted molar refractivity (Wildman–Crippen MR) is 45.2 cm³/mol. The normalized spacial score (nSPS) is 9.58. The lowest BCUT2D eigenvalue weighted by molar-refractivity contribution is 0.0957. The molecule has 0 saturated carbocycles. The van der Waals surface area contributed by atoms with E-state index < -0.39 is 0 Å². The van der Waals surface area contributed by atoms with Gasteiger partial charge < -0.3 is 5.32 Å². The highest BCUT2D eigenvalue weighted by atomic mass is 35.5. The zero-order valence-electron chi connectivity index (χ0n) is 6.76. The van der Waals surface area contributed by atoms with Crippen molar-refractivity contribution < 1.29 is 4.79 Å². The van der Waals surface area contributed by atoms with Crippen LogP contribution in [-0.2, 0) is 0 Å². The third-order valence-corrected chi connectivity index (χ3v) is 1.60. The Morgan fingerprint density at radius 2 is 2.25 bits per heavy atom. The highest BCUT2D eigenvalue weighted by Crippen LogP contribution is 2.12. The maximum absolute atomic E-state index is 11.0. The van der Waals surface area contributed by atoms with Crippen LogP contribution in [0.15, 0.2) is 6.07 Å². The van der Waals surface area contributed by atoms with Crippen LogP contribution in [0.5, 0.6) is 0 Å². The molecule has 0 aliphatic rings. The molecule has 1 rings (SSSR count). The Balaban J connectivity index is 3.09. The average Bonchev–Trinajstić information content (AvgIpc) is 2.03. The molecule has 0 aliphatic heterocycles. The van der Waals surface area contributed by atoms with E-state index in [1.54, 1.807) is 13.0 Å². The van der Waals surface area contributed by atoms with Gasteiger partial charge in [-0.1, -0.05) is 11.6 Å². The van der Waals surface area contributed by atoms with Crippen LogP contribution in [0.1, 0.15) is 16.2 Å². The predicted octanol–water partition coefficient (Wildman–Crippen LogP) is 0.798. The molecule has 1 amide bonds. The fourth-order valence-corrected chi connectivity index (χ4v) is 1.01. The topological polar surface area (TPSA) is 54.9 Å². The van der Waals surface area contributed by atoms with Gasteiger partial charge in [0.2, 0.25) is 0 Å². The fraction of sp³-hybridized carbons (Fsp3) is 0.286. The average molecular weight is 186 g/mol. The molecule has 1 aromatic rings. The summed E-state index contributed by atoms with van der Waals surface area (Å²) in [5.74, 6) is -0.326. The lowest BCUT2D eigenvalue weighted by atomic mass is 10.3. The Bertz CT molecular complexity index is 314. The van der Waals surface area contributed by atoms with Crippen LogP contribution in [-0.4, -0.2) is 23.2 Å². The summed E-state index contributed by atoms with van der Waals surface area (Å²) < 4.78 is 0. The van der Waals surface area contributed by atoms with E-state index in [0.717, 1.165) is 0 Å². The minimum atomic E-state index is -0.326. The maximum atomic E-state index is 11.0. The third-order valence-electron chi connectivity index (χ3n) is 1.31. The van der Waals surface area contributed by atoms with Crippen molar-refractivity contribution in [3.63, 3.8) is 0 Å². The highest BCUT2D eigenvalue weighted by Gasteiger charge is 2.10. The molecule has 0 aliphatic carbocycles. The molecule has 4 nitrogen and oxygen atoms in total. The van der Waals surface area contributed by atoms with E-state index >= 15 is 0 Å². The van der Waals surface area contributed by atoms with E-state index in [1.807, 2.05) is 0 Å². The second-order valence-electron chi connectivity index (χ2n) is 2.26. The Morgan fingerprint density at radius 3 is 2.75 bits per heavy atom. The first-order valence-electron chi connectivity index (χ1n) is 3.37. The van der Waals surface area contributed by atoms with Gasteiger partial charge in [-0.25, -0.2) is 0 Å². The van der Waals surface area contributed by atoms with Gasteiger partial charge in [0.05, 0.1) is 10.7 Å². The van der Waals surface area contributed by atoms with Crippen LogP contribution in [0.2, 0.25) is 5.02 Å². The molecule has 1 N–H and O–H groups in total. The van der Waals surface area contributed by atoms with E-state index in [2.05, 4.69) is 15.5 Å². The van der Waals surface area contributed by atoms with Gasteiger partial charge in [-0.15, -0.1) is 5.10 Å². The first-order valence-corrected chi connectivity index (χ1v) is 3.75. The monoisotopic (exact) mass is 185 g/mol. The fourth-order valence-electron chi connectivity index (χ4n) is 0.730. The molecule has 12 heavy (non-hydrogen) atoms. The van der Waals surface area contributed by atoms with Gasteiger partial charge in [-0.05, 0) is 13.0 Å². The van der Waals surface area contributed by atoms with Gasteiger partial charge in [0.25, 0.3) is 5.91 Å². The second kappa shape index (κ2) is 3.49. The minimum Gasteiger partial charge on any atom is -0.354 e. The van der Waals surface area contributed by atoms with Crippen molar-refractivity contribution >= 4 is 17.5 Å². The van der Waals surface area contributed by atoms with Gasteiger partial charge in [0.15, 0.2) is 5.69 Å². The Kier molecular flexibility index (Phi) is 2.60. The van der Waals surface area contributed by atoms with Crippen LogP contribution in [0.25, 0.3) is 0 Å². The van der Waals surface area contributed by atoms with Crippen molar-refractivity contribution in [3.8, 4) is 0 Å². The summed E-state index contributed by atoms with van der Waals surface area (Å²) in [4.78, 5) is 11.0. The molecular formula is C7H8ClN3O. The quantitative estimate of drug-likeness (QED) is 0.704. The van der Waals surface area contributed by atoms with E-state index in [0.29, 0.717) is 10.7 Å². The lowest BCUT2D eigenvalue weighted by Crippen LogP contribution is -2.20. The van der Waals surface area contributed by atoms with Gasteiger partial charge in [-0.3, -0.25) is 4.79 Å². The van der Waals surface area contributed by atoms with Crippen LogP contribution in [0.4, 0.5) is 0 Å². The smallest absolute Gasteiger partial charge is 0.273 e. The number of hydrogen-bond donors (Lipinski definition) is 1. The van der Waals surface area contributed by atoms with Crippen molar-refractivity contribution in [1.82, 2.24) is 15.5 Å². The van der Waals surface area contributed by atoms with Crippen molar-refractivity contribution in [1.29, 1.82) is 0 Å². The summed E-state index contributed by atoms with van der Waals surface area (Å²) in [6, 6.07) is 1.60. The van der Waals surface area contributed by atoms with Crippen LogP contribution < -0.4 is 5.32 Å². The molecule has 5 heteroatoms. The van der Waals surface area contributed by atoms with Gasteiger partial charge in [0, 0.05) is 7.05 Å². The van der Waals surface area contributed by atoms with Crippen molar-refractivity contribution in [2.75, 3.05) is 7.05 Å². The van der Waals surface area contributed by atoms with Crippen molar-refractivity contribution in [2.24, 2.45) is 0 Å². The minimum absolute atomic E-state index is 0.157. The summed E-state index contributed by atoms with van der Waals surface area (Å²) in [6.07, 6.45) is 0. The van der Waals surface area contributed by atoms with E-state index in [-0.39, 0.29) is 11.6 Å². The standard InChI is InChI=1S/C7H8ClN3O/c1-4-3-5(8)6(11-10-4)7(12)9-2/h3H,1-2H3,(H,9,12). The number of hydrogen-bond acceptors (Lipinski definition) is 3. The van der Waals surface area contributed by atoms with Crippen molar-refractivity contribution in [3.05, 3.63) is 22.5 Å². The molecule has 0 saturated heterocycles. The third kappa shape index (κ3) is 1.71. The number of aromatic nitrogens is 2. The van der Waals surface area contributed by atoms with Crippen LogP contribution in [0.3, 0.4) is 0 Å². The maximum Gasteiger partial charge on any atom is 0.273 e. The van der Waals surface area contributed by atoms with Gasteiger partial charge in [-0.2, -0.15) is 5.10 Å². The SMILES string of the molecule is CNC(=O)c1nnc(C)cc1Cl. The molecule has 0 aromatic carbocycles. The summed E-state index contributed by atoms with van der Waals surface area (Å²) in [5.41, 5.74) is 0.845. The molecule has 0 fully saturated rings. The summed E-state index contributed by atoms with van der Waals surface area (Å²) in [7, 11) is 1.51. The lowest BCUT2D eigenvalue weighted by Gasteiger charge is -2.00. The number of nitrogens with one attached hydrogen (secondary N) is 1. The van der Waals surface area contributed by atoms with Crippen LogP contribution >= 0.6 is 11.6 Å². The first-order chi connectivity index (χ1) is 5.65. The van der Waals surface area contributed by atoms with Crippen molar-refractivity contribution in [2.45, 2.75) is 6.92 Å². The molecule has 0 radical (unpaired) electrons. The number of aryl methyl sites for hydroxylation is 1. The Hall–Kier alpha value is -1.16. The number of halogens is 1. The summed E-state index contributed by atoms with van der Waals surface area (Å²) >= 11 is 5.74. The zero-order chi connectivity index (χ0) is 9.14. The second-order valence-corrected chi connectivity index (χ2v) is 2.67. The molecular weight excluding hydrogens is 178 g/mol. The molecule has 0 spiro atoms. The molecule has 0 atom stereocenters. The largest absolute Gasteiger partial charge is 0.354 e. The number of carbonyl (C=O) groups is 1. The number of carbonyl (C=O) groups excluding carboxylic acids is 1. The summed E-state index contributed by atoms with van der Waals surface area (Å²) in [6.45, 7) is 1.76. The van der Waals surface area contributed by atoms with Crippen LogP contribution in [0, 0.1) is 6.92 Å². The number of nitrogens with zero attached hydrogens (tertiary/aromatic N) is 2. The molecule has 0 unspecified atom stereocenters. The van der Waals surface area contributed by atoms with Gasteiger partial charge >= 0.3 is 0 Å².